The van der Waals surface area contributed by atoms with Crippen molar-refractivity contribution in [3.05, 3.63) is 124 Å². The molecule has 0 aliphatic carbocycles. The van der Waals surface area contributed by atoms with Crippen LogP contribution in [0.2, 0.25) is 0 Å². The van der Waals surface area contributed by atoms with Crippen molar-refractivity contribution >= 4 is 49.5 Å². The Labute approximate surface area is 237 Å². The molecule has 0 aliphatic heterocycles. The lowest BCUT2D eigenvalue weighted by molar-refractivity contribution is 0.431. The van der Waals surface area contributed by atoms with E-state index >= 15 is 0 Å². The summed E-state index contributed by atoms with van der Waals surface area (Å²) in [5, 5.41) is -0.186. The monoisotopic (exact) mass is 611 g/mol. The minimum absolute atomic E-state index is 0.186. The summed E-state index contributed by atoms with van der Waals surface area (Å²) in [5.41, 5.74) is 3.44. The molecular formula is C30H30BrNO2S3. The molecule has 3 nitrogen and oxygen atoms in total. The minimum Gasteiger partial charge on any atom is -0.249 e. The summed E-state index contributed by atoms with van der Waals surface area (Å²) in [6, 6.07) is 31.5. The molecule has 4 rings (SSSR count). The first kappa shape index (κ1) is 28.0. The van der Waals surface area contributed by atoms with Crippen LogP contribution in [0.5, 0.6) is 0 Å². The molecule has 0 saturated carbocycles. The van der Waals surface area contributed by atoms with Gasteiger partial charge in [-0.1, -0.05) is 81.7 Å². The average Bonchev–Trinajstić information content (AvgIpc) is 2.90. The second-order valence-electron chi connectivity index (χ2n) is 9.13. The van der Waals surface area contributed by atoms with Crippen LogP contribution in [-0.4, -0.2) is 14.7 Å². The Hall–Kier alpha value is -2.03. The number of hydrogen-bond acceptors (Lipinski definition) is 3. The van der Waals surface area contributed by atoms with Crippen molar-refractivity contribution in [1.29, 1.82) is 0 Å². The predicted octanol–water partition coefficient (Wildman–Crippen LogP) is 7.86. The average molecular weight is 613 g/mol. The van der Waals surface area contributed by atoms with Gasteiger partial charge in [-0.3, -0.25) is 0 Å². The van der Waals surface area contributed by atoms with Crippen LogP contribution in [0.25, 0.3) is 0 Å². The molecule has 0 saturated heterocycles. The van der Waals surface area contributed by atoms with Gasteiger partial charge in [0.2, 0.25) is 0 Å². The van der Waals surface area contributed by atoms with Gasteiger partial charge in [-0.25, -0.2) is 13.1 Å². The van der Waals surface area contributed by atoms with Gasteiger partial charge in [-0.05, 0) is 80.6 Å². The van der Waals surface area contributed by atoms with Gasteiger partial charge in [-0.15, -0.1) is 0 Å². The Morgan fingerprint density at radius 3 is 1.89 bits per heavy atom. The predicted molar refractivity (Wildman–Crippen MR) is 161 cm³/mol. The van der Waals surface area contributed by atoms with Crippen LogP contribution in [0.4, 0.5) is 0 Å². The van der Waals surface area contributed by atoms with Crippen molar-refractivity contribution in [2.24, 2.45) is 0 Å². The van der Waals surface area contributed by atoms with Gasteiger partial charge in [0, 0.05) is 14.3 Å². The van der Waals surface area contributed by atoms with E-state index in [1.807, 2.05) is 117 Å². The third kappa shape index (κ3) is 6.35. The van der Waals surface area contributed by atoms with Crippen molar-refractivity contribution in [3.8, 4) is 0 Å². The highest BCUT2D eigenvalue weighted by Gasteiger charge is 2.40. The van der Waals surface area contributed by atoms with Crippen LogP contribution in [0.15, 0.2) is 116 Å². The molecule has 0 amide bonds. The van der Waals surface area contributed by atoms with Crippen LogP contribution in [0.3, 0.4) is 0 Å². The summed E-state index contributed by atoms with van der Waals surface area (Å²) in [4.78, 5) is 2.24. The molecule has 4 aromatic rings. The van der Waals surface area contributed by atoms with E-state index in [0.717, 1.165) is 36.5 Å². The second-order valence-corrected chi connectivity index (χ2v) is 13.6. The normalized spacial score (nSPS) is 15.5. The quantitative estimate of drug-likeness (QED) is 0.209. The van der Waals surface area contributed by atoms with E-state index < -0.39 is 27.3 Å². The lowest BCUT2D eigenvalue weighted by Gasteiger charge is -2.39. The van der Waals surface area contributed by atoms with Crippen LogP contribution >= 0.6 is 27.7 Å². The van der Waals surface area contributed by atoms with Crippen LogP contribution in [-0.2, 0) is 27.3 Å². The zero-order chi connectivity index (χ0) is 26.6. The maximum atomic E-state index is 13.8. The Morgan fingerprint density at radius 2 is 1.32 bits per heavy atom. The molecule has 0 radical (unpaired) electrons. The largest absolute Gasteiger partial charge is 0.249 e. The number of halogens is 1. The fourth-order valence-corrected chi connectivity index (χ4v) is 8.20. The van der Waals surface area contributed by atoms with Crippen LogP contribution < -0.4 is 4.72 Å². The zero-order valence-electron chi connectivity index (χ0n) is 21.2. The Morgan fingerprint density at radius 1 is 0.784 bits per heavy atom. The topological polar surface area (TPSA) is 46.2 Å². The van der Waals surface area contributed by atoms with Gasteiger partial charge in [-0.2, -0.15) is 11.8 Å². The van der Waals surface area contributed by atoms with Gasteiger partial charge in [0.1, 0.15) is 11.0 Å². The maximum absolute atomic E-state index is 13.8. The third-order valence-corrected chi connectivity index (χ3v) is 10.9. The number of nitrogens with one attached hydrogen (secondary N) is 1. The van der Waals surface area contributed by atoms with Gasteiger partial charge in [0.15, 0.2) is 0 Å². The summed E-state index contributed by atoms with van der Waals surface area (Å²) in [6.07, 6.45) is 2.05. The van der Waals surface area contributed by atoms with E-state index in [4.69, 9.17) is 0 Å². The molecule has 4 aromatic carbocycles. The standard InChI is InChI=1S/C30H30BrNO2S3/c1-21-9-17-25(18-10-21)36(33)28-8-6-5-7-27(28)29(35-4)30(3,23-13-15-24(31)16-14-23)32-37(34)26-19-11-22(2)12-20-26/h5-20,29,32H,1-4H3/t29-,30-,36-,37+/m0/s1. The lowest BCUT2D eigenvalue weighted by Crippen LogP contribution is -2.45. The van der Waals surface area contributed by atoms with Gasteiger partial charge < -0.3 is 0 Å². The molecule has 7 heteroatoms. The summed E-state index contributed by atoms with van der Waals surface area (Å²) < 4.78 is 31.9. The molecule has 0 aromatic heterocycles. The van der Waals surface area contributed by atoms with E-state index in [9.17, 15) is 8.42 Å². The number of benzene rings is 4. The zero-order valence-corrected chi connectivity index (χ0v) is 25.3. The Bertz CT molecular complexity index is 1410. The summed E-state index contributed by atoms with van der Waals surface area (Å²) in [6.45, 7) is 6.11. The van der Waals surface area contributed by atoms with Gasteiger partial charge in [0.05, 0.1) is 26.5 Å². The van der Waals surface area contributed by atoms with Gasteiger partial charge in [0.25, 0.3) is 0 Å². The number of thioether (sulfide) groups is 1. The number of aryl methyl sites for hydroxylation is 2. The van der Waals surface area contributed by atoms with Crippen molar-refractivity contribution in [1.82, 2.24) is 4.72 Å². The number of hydrogen-bond donors (Lipinski definition) is 1. The molecular weight excluding hydrogens is 582 g/mol. The first-order chi connectivity index (χ1) is 17.7. The molecule has 0 unspecified atom stereocenters. The van der Waals surface area contributed by atoms with E-state index in [1.165, 1.54) is 0 Å². The molecule has 0 spiro atoms. The fraction of sp³-hybridized carbons (Fsp3) is 0.200. The van der Waals surface area contributed by atoms with Crippen molar-refractivity contribution in [3.63, 3.8) is 0 Å². The molecule has 0 aliphatic rings. The minimum atomic E-state index is -1.47. The van der Waals surface area contributed by atoms with E-state index in [1.54, 1.807) is 11.8 Å². The molecule has 0 fully saturated rings. The fourth-order valence-electron chi connectivity index (χ4n) is 4.30. The molecule has 0 bridgehead atoms. The SMILES string of the molecule is CS[C@@H](c1ccccc1[S@@](=O)c1ccc(C)cc1)[C@@](C)(N[S@](=O)c1ccc(C)cc1)c1ccc(Br)cc1. The lowest BCUT2D eigenvalue weighted by atomic mass is 9.86. The van der Waals surface area contributed by atoms with Crippen molar-refractivity contribution in [2.75, 3.05) is 6.26 Å². The van der Waals surface area contributed by atoms with E-state index in [0.29, 0.717) is 4.90 Å². The molecule has 37 heavy (non-hydrogen) atoms. The Balaban J connectivity index is 1.82. The smallest absolute Gasteiger partial charge is 0.125 e. The Kier molecular flexibility index (Phi) is 9.24. The summed E-state index contributed by atoms with van der Waals surface area (Å²) >= 11 is 5.20. The molecule has 0 heterocycles. The molecule has 4 atom stereocenters. The number of rotatable bonds is 9. The van der Waals surface area contributed by atoms with Crippen molar-refractivity contribution < 1.29 is 8.42 Å². The highest BCUT2D eigenvalue weighted by Crippen LogP contribution is 2.46. The van der Waals surface area contributed by atoms with Crippen LogP contribution in [0.1, 0.15) is 34.4 Å². The highest BCUT2D eigenvalue weighted by molar-refractivity contribution is 9.10. The van der Waals surface area contributed by atoms with E-state index in [2.05, 4.69) is 27.6 Å². The summed E-state index contributed by atoms with van der Waals surface area (Å²) in [5.74, 6) is 0. The molecule has 1 N–H and O–H groups in total. The molecule has 192 valence electrons. The van der Waals surface area contributed by atoms with Crippen molar-refractivity contribution in [2.45, 2.75) is 46.2 Å². The highest BCUT2D eigenvalue weighted by atomic mass is 79.9. The van der Waals surface area contributed by atoms with Gasteiger partial charge >= 0.3 is 0 Å². The second kappa shape index (κ2) is 12.2. The third-order valence-electron chi connectivity index (χ3n) is 6.38. The maximum Gasteiger partial charge on any atom is 0.125 e. The first-order valence-corrected chi connectivity index (χ1v) is 16.2. The van der Waals surface area contributed by atoms with E-state index in [-0.39, 0.29) is 5.25 Å². The van der Waals surface area contributed by atoms with Crippen LogP contribution in [0, 0.1) is 13.8 Å². The first-order valence-electron chi connectivity index (χ1n) is 11.9. The summed E-state index contributed by atoms with van der Waals surface area (Å²) in [7, 11) is -2.83.